The lowest BCUT2D eigenvalue weighted by Crippen LogP contribution is -2.31. The molecule has 9 heteroatoms. The monoisotopic (exact) mass is 574 g/mol. The van der Waals surface area contributed by atoms with Crippen molar-refractivity contribution in [3.8, 4) is 0 Å². The second-order valence-corrected chi connectivity index (χ2v) is 10.0. The molecule has 0 unspecified atom stereocenters. The van der Waals surface area contributed by atoms with Crippen molar-refractivity contribution in [3.05, 3.63) is 131 Å². The van der Waals surface area contributed by atoms with Crippen LogP contribution in [0.25, 0.3) is 6.08 Å². The van der Waals surface area contributed by atoms with Gasteiger partial charge < -0.3 is 20.4 Å². The van der Waals surface area contributed by atoms with Crippen molar-refractivity contribution in [2.24, 2.45) is 5.10 Å². The molecule has 0 aromatic heterocycles. The summed E-state index contributed by atoms with van der Waals surface area (Å²) in [6, 6.07) is 30.4. The molecule has 4 rings (SSSR count). The Morgan fingerprint density at radius 1 is 0.651 bits per heavy atom. The highest BCUT2D eigenvalue weighted by Crippen LogP contribution is 2.18. The molecule has 0 radical (unpaired) electrons. The number of carbonyl (C=O) groups excluding carboxylic acids is 3. The highest BCUT2D eigenvalue weighted by molar-refractivity contribution is 6.13. The number of nitrogens with zero attached hydrogens (tertiary/aromatic N) is 3. The summed E-state index contributed by atoms with van der Waals surface area (Å²) in [4.78, 5) is 43.5. The van der Waals surface area contributed by atoms with Gasteiger partial charge in [0.05, 0.1) is 17.5 Å². The minimum atomic E-state index is -0.592. The number of nitrogens with one attached hydrogen (secondary N) is 3. The van der Waals surface area contributed by atoms with E-state index in [1.165, 1.54) is 0 Å². The lowest BCUT2D eigenvalue weighted by molar-refractivity contribution is -0.113. The van der Waals surface area contributed by atoms with Crippen LogP contribution < -0.4 is 25.9 Å². The fraction of sp³-hybridized carbons (Fsp3) is 0.118. The summed E-state index contributed by atoms with van der Waals surface area (Å²) < 4.78 is 0. The van der Waals surface area contributed by atoms with Gasteiger partial charge in [-0.3, -0.25) is 14.4 Å². The van der Waals surface area contributed by atoms with E-state index in [4.69, 9.17) is 0 Å². The number of para-hydroxylation sites is 1. The van der Waals surface area contributed by atoms with E-state index < -0.39 is 17.7 Å². The van der Waals surface area contributed by atoms with Crippen LogP contribution >= 0.6 is 0 Å². The van der Waals surface area contributed by atoms with E-state index in [2.05, 4.69) is 21.2 Å². The van der Waals surface area contributed by atoms with Gasteiger partial charge in [-0.1, -0.05) is 54.6 Å². The van der Waals surface area contributed by atoms with Gasteiger partial charge in [-0.25, -0.2) is 5.43 Å². The summed E-state index contributed by atoms with van der Waals surface area (Å²) in [6.45, 7) is 0. The topological polar surface area (TPSA) is 106 Å². The zero-order chi connectivity index (χ0) is 30.8. The molecule has 0 saturated carbocycles. The third-order valence-electron chi connectivity index (χ3n) is 6.46. The van der Waals surface area contributed by atoms with Crippen LogP contribution in [0.15, 0.2) is 114 Å². The Labute approximate surface area is 251 Å². The smallest absolute Gasteiger partial charge is 0.273 e. The molecular weight excluding hydrogens is 540 g/mol. The van der Waals surface area contributed by atoms with Crippen LogP contribution in [0.4, 0.5) is 17.1 Å². The number of carbonyl (C=O) groups is 3. The standard InChI is InChI=1S/C34H34N6O3/c1-39(2)27-18-14-24(15-19-27)22-31(37-32(41)26-10-6-5-7-11-26)34(43)36-30-13-9-8-12-29(30)33(42)38-35-23-25-16-20-28(21-17-25)40(3)4/h5-23H,1-4H3,(H,36,43)(H,37,41)(H,38,42)/b31-22-,35-23+. The molecular formula is C34H34N6O3. The summed E-state index contributed by atoms with van der Waals surface area (Å²) >= 11 is 0. The van der Waals surface area contributed by atoms with E-state index in [1.807, 2.05) is 86.5 Å². The second kappa shape index (κ2) is 14.3. The van der Waals surface area contributed by atoms with Crippen LogP contribution in [-0.2, 0) is 4.79 Å². The molecule has 0 aliphatic heterocycles. The third kappa shape index (κ3) is 8.40. The average Bonchev–Trinajstić information content (AvgIpc) is 3.01. The largest absolute Gasteiger partial charge is 0.378 e. The first-order valence-electron chi connectivity index (χ1n) is 13.6. The number of anilines is 3. The number of benzene rings is 4. The predicted molar refractivity (Wildman–Crippen MR) is 174 cm³/mol. The van der Waals surface area contributed by atoms with E-state index in [0.29, 0.717) is 11.1 Å². The van der Waals surface area contributed by atoms with Crippen molar-refractivity contribution in [2.45, 2.75) is 0 Å². The lowest BCUT2D eigenvalue weighted by Gasteiger charge is -2.14. The zero-order valence-corrected chi connectivity index (χ0v) is 24.5. The van der Waals surface area contributed by atoms with Gasteiger partial charge in [0.2, 0.25) is 0 Å². The van der Waals surface area contributed by atoms with E-state index >= 15 is 0 Å². The summed E-state index contributed by atoms with van der Waals surface area (Å²) in [5.41, 5.74) is 6.97. The average molecular weight is 575 g/mol. The Kier molecular flexibility index (Phi) is 10.0. The molecule has 0 bridgehead atoms. The predicted octanol–water partition coefficient (Wildman–Crippen LogP) is 4.99. The molecule has 0 saturated heterocycles. The molecule has 0 heterocycles. The molecule has 0 spiro atoms. The molecule has 0 aliphatic rings. The van der Waals surface area contributed by atoms with Gasteiger partial charge in [0.25, 0.3) is 17.7 Å². The molecule has 3 amide bonds. The van der Waals surface area contributed by atoms with Crippen molar-refractivity contribution in [2.75, 3.05) is 43.3 Å². The highest BCUT2D eigenvalue weighted by atomic mass is 16.2. The van der Waals surface area contributed by atoms with Crippen LogP contribution in [0.2, 0.25) is 0 Å². The van der Waals surface area contributed by atoms with Gasteiger partial charge in [0.1, 0.15) is 5.70 Å². The minimum Gasteiger partial charge on any atom is -0.378 e. The molecule has 4 aromatic carbocycles. The van der Waals surface area contributed by atoms with Gasteiger partial charge >= 0.3 is 0 Å². The van der Waals surface area contributed by atoms with Crippen molar-refractivity contribution in [1.29, 1.82) is 0 Å². The highest BCUT2D eigenvalue weighted by Gasteiger charge is 2.18. The Morgan fingerprint density at radius 3 is 1.81 bits per heavy atom. The van der Waals surface area contributed by atoms with Gasteiger partial charge in [0.15, 0.2) is 0 Å². The third-order valence-corrected chi connectivity index (χ3v) is 6.46. The van der Waals surface area contributed by atoms with Crippen LogP contribution in [0.3, 0.4) is 0 Å². The van der Waals surface area contributed by atoms with Crippen LogP contribution in [0.5, 0.6) is 0 Å². The fourth-order valence-corrected chi connectivity index (χ4v) is 4.04. The van der Waals surface area contributed by atoms with Gasteiger partial charge in [-0.2, -0.15) is 5.10 Å². The van der Waals surface area contributed by atoms with Crippen LogP contribution in [0, 0.1) is 0 Å². The van der Waals surface area contributed by atoms with Gasteiger partial charge in [-0.15, -0.1) is 0 Å². The maximum atomic E-state index is 13.5. The summed E-state index contributed by atoms with van der Waals surface area (Å²) in [5.74, 6) is -1.54. The first kappa shape index (κ1) is 30.3. The van der Waals surface area contributed by atoms with E-state index in [9.17, 15) is 14.4 Å². The van der Waals surface area contributed by atoms with Gasteiger partial charge in [-0.05, 0) is 65.7 Å². The SMILES string of the molecule is CN(C)c1ccc(/C=C(\NC(=O)c2ccccc2)C(=O)Nc2ccccc2C(=O)N/N=C/c2ccc(N(C)C)cc2)cc1. The Bertz CT molecular complexity index is 1630. The van der Waals surface area contributed by atoms with Crippen molar-refractivity contribution < 1.29 is 14.4 Å². The van der Waals surface area contributed by atoms with E-state index in [0.717, 1.165) is 16.9 Å². The summed E-state index contributed by atoms with van der Waals surface area (Å²) in [7, 11) is 7.78. The summed E-state index contributed by atoms with van der Waals surface area (Å²) in [6.07, 6.45) is 3.13. The molecule has 9 nitrogen and oxygen atoms in total. The zero-order valence-electron chi connectivity index (χ0n) is 24.5. The fourth-order valence-electron chi connectivity index (χ4n) is 4.04. The molecule has 4 aromatic rings. The molecule has 0 aliphatic carbocycles. The Hall–Kier alpha value is -5.70. The van der Waals surface area contributed by atoms with Crippen molar-refractivity contribution >= 4 is 47.1 Å². The Balaban J connectivity index is 1.53. The van der Waals surface area contributed by atoms with E-state index in [-0.39, 0.29) is 16.9 Å². The first-order valence-corrected chi connectivity index (χ1v) is 13.6. The quantitative estimate of drug-likeness (QED) is 0.141. The number of amides is 3. The van der Waals surface area contributed by atoms with Crippen LogP contribution in [-0.4, -0.2) is 52.1 Å². The number of hydrogen-bond acceptors (Lipinski definition) is 6. The van der Waals surface area contributed by atoms with Gasteiger partial charge in [0, 0.05) is 45.1 Å². The minimum absolute atomic E-state index is 0.0147. The molecule has 43 heavy (non-hydrogen) atoms. The number of rotatable bonds is 10. The van der Waals surface area contributed by atoms with Crippen molar-refractivity contribution in [1.82, 2.24) is 10.7 Å². The Morgan fingerprint density at radius 2 is 1.21 bits per heavy atom. The normalized spacial score (nSPS) is 11.1. The summed E-state index contributed by atoms with van der Waals surface area (Å²) in [5, 5.41) is 9.57. The first-order chi connectivity index (χ1) is 20.7. The molecule has 0 fully saturated rings. The maximum absolute atomic E-state index is 13.5. The van der Waals surface area contributed by atoms with E-state index in [1.54, 1.807) is 66.9 Å². The molecule has 0 atom stereocenters. The second-order valence-electron chi connectivity index (χ2n) is 10.0. The molecule has 218 valence electrons. The lowest BCUT2D eigenvalue weighted by atomic mass is 10.1. The molecule has 3 N–H and O–H groups in total. The number of hydrogen-bond donors (Lipinski definition) is 3. The number of hydrazone groups is 1. The maximum Gasteiger partial charge on any atom is 0.273 e. The van der Waals surface area contributed by atoms with Crippen molar-refractivity contribution in [3.63, 3.8) is 0 Å². The van der Waals surface area contributed by atoms with Crippen LogP contribution in [0.1, 0.15) is 31.8 Å².